The molecule has 1 heterocycles. The van der Waals surface area contributed by atoms with Crippen LogP contribution >= 0.6 is 0 Å². The van der Waals surface area contributed by atoms with Crippen molar-refractivity contribution in [3.63, 3.8) is 0 Å². The van der Waals surface area contributed by atoms with Crippen molar-refractivity contribution in [2.75, 3.05) is 19.0 Å². The average molecular weight is 395 g/mol. The molecule has 0 atom stereocenters. The molecule has 0 radical (unpaired) electrons. The number of rotatable bonds is 5. The van der Waals surface area contributed by atoms with E-state index in [-0.39, 0.29) is 11.3 Å². The second-order valence-corrected chi connectivity index (χ2v) is 6.61. The third kappa shape index (κ3) is 4.11. The lowest BCUT2D eigenvalue weighted by Gasteiger charge is -2.18. The van der Waals surface area contributed by atoms with Crippen LogP contribution in [0.5, 0.6) is 23.3 Å². The highest BCUT2D eigenvalue weighted by atomic mass is 19.1. The summed E-state index contributed by atoms with van der Waals surface area (Å²) in [5, 5.41) is 8.99. The lowest BCUT2D eigenvalue weighted by molar-refractivity contribution is 0.372. The predicted molar refractivity (Wildman–Crippen MR) is 106 cm³/mol. The van der Waals surface area contributed by atoms with Gasteiger partial charge in [-0.1, -0.05) is 12.1 Å². The first-order valence-corrected chi connectivity index (χ1v) is 8.80. The molecule has 0 unspecified atom stereocenters. The number of aromatic nitrogens is 1. The first kappa shape index (κ1) is 20.1. The minimum atomic E-state index is -0.934. The number of nitrogens with zero attached hydrogens (tertiary/aromatic N) is 3. The van der Waals surface area contributed by atoms with Crippen molar-refractivity contribution < 1.29 is 18.3 Å². The monoisotopic (exact) mass is 395 g/mol. The normalized spacial score (nSPS) is 10.4. The van der Waals surface area contributed by atoms with Gasteiger partial charge in [0.2, 0.25) is 0 Å². The van der Waals surface area contributed by atoms with Gasteiger partial charge in [0.1, 0.15) is 11.5 Å². The van der Waals surface area contributed by atoms with Gasteiger partial charge in [-0.05, 0) is 44.2 Å². The lowest BCUT2D eigenvalue weighted by Crippen LogP contribution is -2.10. The molecule has 148 valence electrons. The number of nitriles is 1. The van der Waals surface area contributed by atoms with Crippen LogP contribution in [-0.2, 0) is 0 Å². The lowest BCUT2D eigenvalue weighted by atomic mass is 10.1. The number of pyridine rings is 1. The maximum atomic E-state index is 14.6. The zero-order valence-electron chi connectivity index (χ0n) is 16.5. The van der Waals surface area contributed by atoms with Crippen LogP contribution in [0.2, 0.25) is 0 Å². The van der Waals surface area contributed by atoms with Gasteiger partial charge in [0.15, 0.2) is 11.6 Å². The maximum Gasteiger partial charge on any atom is 0.259 e. The van der Waals surface area contributed by atoms with E-state index in [2.05, 4.69) is 4.98 Å². The standard InChI is InChI=1S/C22H19F2N3O2/c1-13-17(27(3)4)9-6-10-18(13)29-22-20(24)14(2)19(23)21(26-22)28-16-8-5-7-15(11-16)12-25/h5-11H,1-4H3. The van der Waals surface area contributed by atoms with Gasteiger partial charge in [0, 0.05) is 30.9 Å². The molecular formula is C22H19F2N3O2. The van der Waals surface area contributed by atoms with Crippen molar-refractivity contribution in [3.05, 3.63) is 70.8 Å². The van der Waals surface area contributed by atoms with E-state index in [4.69, 9.17) is 14.7 Å². The Bertz CT molecular complexity index is 1110. The number of hydrogen-bond donors (Lipinski definition) is 0. The molecule has 0 saturated heterocycles. The van der Waals surface area contributed by atoms with Gasteiger partial charge < -0.3 is 14.4 Å². The summed E-state index contributed by atoms with van der Waals surface area (Å²) in [4.78, 5) is 5.80. The molecule has 0 saturated carbocycles. The Kier molecular flexibility index (Phi) is 5.64. The average Bonchev–Trinajstić information content (AvgIpc) is 2.71. The molecule has 3 aromatic rings. The summed E-state index contributed by atoms with van der Waals surface area (Å²) in [6.07, 6.45) is 0. The fourth-order valence-corrected chi connectivity index (χ4v) is 2.79. The van der Waals surface area contributed by atoms with E-state index >= 15 is 0 Å². The summed E-state index contributed by atoms with van der Waals surface area (Å²) in [5.41, 5.74) is 1.74. The highest BCUT2D eigenvalue weighted by Gasteiger charge is 2.21. The number of benzene rings is 2. The van der Waals surface area contributed by atoms with E-state index in [1.54, 1.807) is 30.3 Å². The molecule has 0 fully saturated rings. The number of ether oxygens (including phenoxy) is 2. The highest BCUT2D eigenvalue weighted by molar-refractivity contribution is 5.58. The molecule has 0 spiro atoms. The van der Waals surface area contributed by atoms with Crippen LogP contribution < -0.4 is 14.4 Å². The molecule has 0 amide bonds. The predicted octanol–water partition coefficient (Wildman–Crippen LogP) is 5.50. The Morgan fingerprint density at radius 3 is 2.24 bits per heavy atom. The minimum absolute atomic E-state index is 0.207. The van der Waals surface area contributed by atoms with Gasteiger partial charge >= 0.3 is 0 Å². The van der Waals surface area contributed by atoms with Crippen LogP contribution in [0.4, 0.5) is 14.5 Å². The summed E-state index contributed by atoms with van der Waals surface area (Å²) >= 11 is 0. The molecule has 3 rings (SSSR count). The summed E-state index contributed by atoms with van der Waals surface area (Å²) in [7, 11) is 3.77. The zero-order valence-corrected chi connectivity index (χ0v) is 16.5. The molecule has 0 aliphatic heterocycles. The van der Waals surface area contributed by atoms with Crippen LogP contribution in [0.3, 0.4) is 0 Å². The molecule has 0 bridgehead atoms. The molecule has 0 N–H and O–H groups in total. The van der Waals surface area contributed by atoms with Crippen LogP contribution in [0.1, 0.15) is 16.7 Å². The van der Waals surface area contributed by atoms with Crippen molar-refractivity contribution in [2.24, 2.45) is 0 Å². The van der Waals surface area contributed by atoms with E-state index in [0.717, 1.165) is 11.3 Å². The largest absolute Gasteiger partial charge is 0.436 e. The maximum absolute atomic E-state index is 14.6. The summed E-state index contributed by atoms with van der Waals surface area (Å²) in [6.45, 7) is 3.12. The quantitative estimate of drug-likeness (QED) is 0.571. The zero-order chi connectivity index (χ0) is 21.1. The number of anilines is 1. The first-order chi connectivity index (χ1) is 13.8. The summed E-state index contributed by atoms with van der Waals surface area (Å²) in [5.74, 6) is -2.07. The molecule has 29 heavy (non-hydrogen) atoms. The van der Waals surface area contributed by atoms with Crippen molar-refractivity contribution >= 4 is 5.69 Å². The van der Waals surface area contributed by atoms with E-state index in [1.165, 1.54) is 13.0 Å². The molecule has 0 aliphatic carbocycles. The number of hydrogen-bond acceptors (Lipinski definition) is 5. The van der Waals surface area contributed by atoms with Crippen molar-refractivity contribution in [1.82, 2.24) is 4.98 Å². The Labute approximate surface area is 167 Å². The van der Waals surface area contributed by atoms with Gasteiger partial charge in [-0.3, -0.25) is 0 Å². The van der Waals surface area contributed by atoms with E-state index < -0.39 is 23.4 Å². The van der Waals surface area contributed by atoms with Crippen LogP contribution in [0.25, 0.3) is 0 Å². The smallest absolute Gasteiger partial charge is 0.259 e. The molecule has 5 nitrogen and oxygen atoms in total. The molecule has 1 aromatic heterocycles. The Morgan fingerprint density at radius 2 is 1.59 bits per heavy atom. The van der Waals surface area contributed by atoms with Gasteiger partial charge in [-0.15, -0.1) is 0 Å². The molecule has 0 aliphatic rings. The van der Waals surface area contributed by atoms with E-state index in [0.29, 0.717) is 11.3 Å². The third-order valence-electron chi connectivity index (χ3n) is 4.36. The summed E-state index contributed by atoms with van der Waals surface area (Å²) < 4.78 is 40.3. The Hall–Kier alpha value is -3.66. The van der Waals surface area contributed by atoms with Crippen LogP contribution in [0, 0.1) is 36.8 Å². The van der Waals surface area contributed by atoms with Crippen molar-refractivity contribution in [1.29, 1.82) is 5.26 Å². The second-order valence-electron chi connectivity index (χ2n) is 6.61. The molecule has 2 aromatic carbocycles. The highest BCUT2D eigenvalue weighted by Crippen LogP contribution is 2.35. The van der Waals surface area contributed by atoms with Gasteiger partial charge in [0.25, 0.3) is 11.8 Å². The van der Waals surface area contributed by atoms with E-state index in [9.17, 15) is 8.78 Å². The summed E-state index contributed by atoms with van der Waals surface area (Å²) in [6, 6.07) is 13.5. The molecule has 7 heteroatoms. The Morgan fingerprint density at radius 1 is 0.931 bits per heavy atom. The first-order valence-electron chi connectivity index (χ1n) is 8.80. The van der Waals surface area contributed by atoms with Crippen LogP contribution in [-0.4, -0.2) is 19.1 Å². The fraction of sp³-hybridized carbons (Fsp3) is 0.182. The van der Waals surface area contributed by atoms with E-state index in [1.807, 2.05) is 38.1 Å². The van der Waals surface area contributed by atoms with Crippen molar-refractivity contribution in [2.45, 2.75) is 13.8 Å². The van der Waals surface area contributed by atoms with Crippen LogP contribution in [0.15, 0.2) is 42.5 Å². The van der Waals surface area contributed by atoms with Gasteiger partial charge in [0.05, 0.1) is 11.6 Å². The van der Waals surface area contributed by atoms with Gasteiger partial charge in [-0.2, -0.15) is 10.2 Å². The molecular weight excluding hydrogens is 376 g/mol. The topological polar surface area (TPSA) is 58.4 Å². The second kappa shape index (κ2) is 8.15. The Balaban J connectivity index is 2.01. The fourth-order valence-electron chi connectivity index (χ4n) is 2.79. The van der Waals surface area contributed by atoms with Gasteiger partial charge in [-0.25, -0.2) is 8.78 Å². The number of halogens is 2. The van der Waals surface area contributed by atoms with Crippen molar-refractivity contribution in [3.8, 4) is 29.3 Å². The third-order valence-corrected chi connectivity index (χ3v) is 4.36. The SMILES string of the molecule is Cc1c(Oc2nc(Oc3cccc(C#N)c3)c(F)c(C)c2F)cccc1N(C)C. The minimum Gasteiger partial charge on any atom is -0.436 e.